The number of nitrogens with zero attached hydrogens (tertiary/aromatic N) is 2. The molecule has 2 nitrogen and oxygen atoms in total. The molecule has 1 fully saturated rings. The fourth-order valence-electron chi connectivity index (χ4n) is 1.69. The molecule has 1 unspecified atom stereocenters. The predicted molar refractivity (Wildman–Crippen MR) is 54.8 cm³/mol. The molecule has 0 spiro atoms. The molecule has 1 saturated carbocycles. The fourth-order valence-corrected chi connectivity index (χ4v) is 1.69. The third-order valence-corrected chi connectivity index (χ3v) is 2.66. The van der Waals surface area contributed by atoms with Crippen molar-refractivity contribution in [3.05, 3.63) is 0 Å². The van der Waals surface area contributed by atoms with Gasteiger partial charge in [-0.15, -0.1) is 0 Å². The quantitative estimate of drug-likeness (QED) is 0.612. The maximum absolute atomic E-state index is 8.71. The van der Waals surface area contributed by atoms with E-state index in [4.69, 9.17) is 5.26 Å². The average Bonchev–Trinajstić information content (AvgIpc) is 2.21. The van der Waals surface area contributed by atoms with E-state index >= 15 is 0 Å². The third kappa shape index (κ3) is 3.59. The molecule has 0 bridgehead atoms. The first-order chi connectivity index (χ1) is 6.36. The highest BCUT2D eigenvalue weighted by atomic mass is 14.8. The van der Waals surface area contributed by atoms with Crippen molar-refractivity contribution in [3.63, 3.8) is 0 Å². The zero-order valence-corrected chi connectivity index (χ0v) is 8.37. The monoisotopic (exact) mass is 178 g/mol. The molecular formula is C11H18N2. The molecule has 1 aliphatic rings. The van der Waals surface area contributed by atoms with Crippen LogP contribution >= 0.6 is 0 Å². The highest BCUT2D eigenvalue weighted by Crippen LogP contribution is 2.20. The van der Waals surface area contributed by atoms with Crippen molar-refractivity contribution in [2.24, 2.45) is 10.9 Å². The second kappa shape index (κ2) is 5.75. The summed E-state index contributed by atoms with van der Waals surface area (Å²) >= 11 is 0. The first kappa shape index (κ1) is 10.2. The van der Waals surface area contributed by atoms with E-state index in [9.17, 15) is 0 Å². The molecule has 13 heavy (non-hydrogen) atoms. The van der Waals surface area contributed by atoms with Gasteiger partial charge in [0, 0.05) is 12.3 Å². The van der Waals surface area contributed by atoms with Gasteiger partial charge < -0.3 is 0 Å². The van der Waals surface area contributed by atoms with Gasteiger partial charge in [-0.25, -0.2) is 0 Å². The number of aliphatic imine (C=N–C) groups is 1. The predicted octanol–water partition coefficient (Wildman–Crippen LogP) is 2.94. The maximum Gasteiger partial charge on any atom is 0.0808 e. The van der Waals surface area contributed by atoms with Crippen LogP contribution in [0.2, 0.25) is 0 Å². The minimum atomic E-state index is 0.0296. The number of hydrogen-bond acceptors (Lipinski definition) is 2. The summed E-state index contributed by atoms with van der Waals surface area (Å²) in [6, 6.07) is 2.75. The Hall–Kier alpha value is -0.840. The van der Waals surface area contributed by atoms with Gasteiger partial charge in [0.25, 0.3) is 0 Å². The molecule has 1 atom stereocenters. The SMILES string of the molecule is CCC(C#N)C=NC1CCCCC1. The third-order valence-electron chi connectivity index (χ3n) is 2.66. The molecule has 0 radical (unpaired) electrons. The van der Waals surface area contributed by atoms with Crippen LogP contribution in [0.3, 0.4) is 0 Å². The Morgan fingerprint density at radius 3 is 2.69 bits per heavy atom. The Balaban J connectivity index is 2.33. The summed E-state index contributed by atoms with van der Waals surface area (Å²) in [5.41, 5.74) is 0. The summed E-state index contributed by atoms with van der Waals surface area (Å²) in [5.74, 6) is 0.0296. The number of nitriles is 1. The summed E-state index contributed by atoms with van der Waals surface area (Å²) in [4.78, 5) is 4.48. The van der Waals surface area contributed by atoms with Crippen LogP contribution < -0.4 is 0 Å². The van der Waals surface area contributed by atoms with Crippen LogP contribution in [-0.2, 0) is 0 Å². The van der Waals surface area contributed by atoms with Crippen molar-refractivity contribution < 1.29 is 0 Å². The van der Waals surface area contributed by atoms with Crippen molar-refractivity contribution in [1.82, 2.24) is 0 Å². The molecule has 1 rings (SSSR count). The minimum absolute atomic E-state index is 0.0296. The fraction of sp³-hybridized carbons (Fsp3) is 0.818. The van der Waals surface area contributed by atoms with Crippen molar-refractivity contribution in [2.75, 3.05) is 0 Å². The molecule has 0 amide bonds. The molecule has 0 heterocycles. The lowest BCUT2D eigenvalue weighted by Gasteiger charge is -2.17. The maximum atomic E-state index is 8.71. The smallest absolute Gasteiger partial charge is 0.0808 e. The van der Waals surface area contributed by atoms with Gasteiger partial charge in [0.15, 0.2) is 0 Å². The van der Waals surface area contributed by atoms with Gasteiger partial charge >= 0.3 is 0 Å². The summed E-state index contributed by atoms with van der Waals surface area (Å²) in [7, 11) is 0. The lowest BCUT2D eigenvalue weighted by Crippen LogP contribution is -2.11. The van der Waals surface area contributed by atoms with Crippen LogP contribution in [0, 0.1) is 17.2 Å². The van der Waals surface area contributed by atoms with Gasteiger partial charge in [0.2, 0.25) is 0 Å². The molecule has 72 valence electrons. The normalized spacial score (nSPS) is 21.5. The van der Waals surface area contributed by atoms with E-state index in [-0.39, 0.29) is 5.92 Å². The molecule has 0 aliphatic heterocycles. The Kier molecular flexibility index (Phi) is 4.53. The van der Waals surface area contributed by atoms with Crippen LogP contribution in [-0.4, -0.2) is 12.3 Å². The van der Waals surface area contributed by atoms with Gasteiger partial charge in [-0.05, 0) is 19.3 Å². The van der Waals surface area contributed by atoms with Crippen LogP contribution in [0.15, 0.2) is 4.99 Å². The van der Waals surface area contributed by atoms with E-state index < -0.39 is 0 Å². The van der Waals surface area contributed by atoms with Gasteiger partial charge in [-0.3, -0.25) is 4.99 Å². The van der Waals surface area contributed by atoms with Crippen molar-refractivity contribution in [1.29, 1.82) is 5.26 Å². The molecular weight excluding hydrogens is 160 g/mol. The molecule has 0 aromatic carbocycles. The number of rotatable bonds is 3. The van der Waals surface area contributed by atoms with Gasteiger partial charge in [-0.2, -0.15) is 5.26 Å². The second-order valence-corrected chi connectivity index (χ2v) is 3.73. The lowest BCUT2D eigenvalue weighted by molar-refractivity contribution is 0.443. The summed E-state index contributed by atoms with van der Waals surface area (Å²) in [5, 5.41) is 8.71. The molecule has 0 saturated heterocycles. The zero-order valence-electron chi connectivity index (χ0n) is 8.37. The minimum Gasteiger partial charge on any atom is -0.293 e. The van der Waals surface area contributed by atoms with Crippen molar-refractivity contribution in [2.45, 2.75) is 51.5 Å². The Morgan fingerprint density at radius 2 is 2.15 bits per heavy atom. The molecule has 2 heteroatoms. The number of hydrogen-bond donors (Lipinski definition) is 0. The second-order valence-electron chi connectivity index (χ2n) is 3.73. The van der Waals surface area contributed by atoms with Crippen LogP contribution in [0.1, 0.15) is 45.4 Å². The van der Waals surface area contributed by atoms with E-state index in [0.29, 0.717) is 6.04 Å². The van der Waals surface area contributed by atoms with Gasteiger partial charge in [-0.1, -0.05) is 26.2 Å². The average molecular weight is 178 g/mol. The summed E-state index contributed by atoms with van der Waals surface area (Å²) < 4.78 is 0. The highest BCUT2D eigenvalue weighted by Gasteiger charge is 2.11. The standard InChI is InChI=1S/C11H18N2/c1-2-10(8-12)9-13-11-6-4-3-5-7-11/h9-11H,2-7H2,1H3. The molecule has 0 N–H and O–H groups in total. The Bertz CT molecular complexity index is 197. The van der Waals surface area contributed by atoms with Crippen LogP contribution in [0.5, 0.6) is 0 Å². The Morgan fingerprint density at radius 1 is 1.46 bits per heavy atom. The van der Waals surface area contributed by atoms with Crippen molar-refractivity contribution in [3.8, 4) is 6.07 Å². The zero-order chi connectivity index (χ0) is 9.52. The van der Waals surface area contributed by atoms with E-state index in [1.807, 2.05) is 13.1 Å². The van der Waals surface area contributed by atoms with Crippen molar-refractivity contribution >= 4 is 6.21 Å². The molecule has 0 aromatic rings. The summed E-state index contributed by atoms with van der Waals surface area (Å²) in [6.07, 6.45) is 9.16. The topological polar surface area (TPSA) is 36.1 Å². The molecule has 1 aliphatic carbocycles. The lowest BCUT2D eigenvalue weighted by atomic mass is 9.96. The molecule has 0 aromatic heterocycles. The highest BCUT2D eigenvalue weighted by molar-refractivity contribution is 5.64. The van der Waals surface area contributed by atoms with E-state index in [2.05, 4.69) is 11.1 Å². The van der Waals surface area contributed by atoms with E-state index in [0.717, 1.165) is 6.42 Å². The largest absolute Gasteiger partial charge is 0.293 e. The Labute approximate surface area is 80.7 Å². The van der Waals surface area contributed by atoms with Crippen LogP contribution in [0.4, 0.5) is 0 Å². The van der Waals surface area contributed by atoms with E-state index in [1.165, 1.54) is 32.1 Å². The summed E-state index contributed by atoms with van der Waals surface area (Å²) in [6.45, 7) is 2.03. The first-order valence-corrected chi connectivity index (χ1v) is 5.29. The van der Waals surface area contributed by atoms with Gasteiger partial charge in [0.1, 0.15) is 0 Å². The first-order valence-electron chi connectivity index (χ1n) is 5.29. The van der Waals surface area contributed by atoms with Gasteiger partial charge in [0.05, 0.1) is 12.0 Å². The van der Waals surface area contributed by atoms with E-state index in [1.54, 1.807) is 0 Å². The van der Waals surface area contributed by atoms with Crippen LogP contribution in [0.25, 0.3) is 0 Å².